The van der Waals surface area contributed by atoms with E-state index in [0.717, 1.165) is 6.08 Å². The molecule has 2 rings (SSSR count). The molecule has 0 aliphatic carbocycles. The number of fused-ring (bicyclic) bond motifs is 1. The van der Waals surface area contributed by atoms with Crippen molar-refractivity contribution in [3.63, 3.8) is 0 Å². The molecule has 102 valence electrons. The fourth-order valence-electron chi connectivity index (χ4n) is 1.81. The lowest BCUT2D eigenvalue weighted by Gasteiger charge is -2.28. The number of para-hydroxylation sites is 1. The fourth-order valence-corrected chi connectivity index (χ4v) is 1.81. The number of aliphatic carboxylic acids is 1. The van der Waals surface area contributed by atoms with Gasteiger partial charge in [0, 0.05) is 11.1 Å². The van der Waals surface area contributed by atoms with Crippen LogP contribution < -0.4 is 4.74 Å². The molecule has 3 nitrogen and oxygen atoms in total. The van der Waals surface area contributed by atoms with Crippen molar-refractivity contribution >= 4 is 12.0 Å². The van der Waals surface area contributed by atoms with E-state index in [1.165, 1.54) is 18.2 Å². The van der Waals surface area contributed by atoms with Crippen LogP contribution >= 0.6 is 0 Å². The Morgan fingerprint density at radius 1 is 1.37 bits per heavy atom. The Morgan fingerprint density at radius 3 is 2.58 bits per heavy atom. The number of carbonyl (C=O) groups is 1. The number of ether oxygens (including phenoxy) is 1. The first-order chi connectivity index (χ1) is 8.84. The maximum atomic E-state index is 12.8. The molecule has 1 aromatic rings. The van der Waals surface area contributed by atoms with Gasteiger partial charge in [0.05, 0.1) is 5.57 Å². The summed E-state index contributed by atoms with van der Waals surface area (Å²) in [7, 11) is 0. The van der Waals surface area contributed by atoms with E-state index in [9.17, 15) is 22.4 Å². The van der Waals surface area contributed by atoms with Gasteiger partial charge in [0.15, 0.2) is 0 Å². The van der Waals surface area contributed by atoms with Crippen molar-refractivity contribution in [1.82, 2.24) is 0 Å². The SMILES string of the molecule is O=C(O)C1=Cc2cccc(CF)c2OC1C(F)(F)F. The minimum absolute atomic E-state index is 0.0487. The zero-order valence-electron chi connectivity index (χ0n) is 9.37. The number of halogens is 4. The van der Waals surface area contributed by atoms with Crippen molar-refractivity contribution in [2.24, 2.45) is 0 Å². The van der Waals surface area contributed by atoms with Crippen molar-refractivity contribution in [2.75, 3.05) is 0 Å². The van der Waals surface area contributed by atoms with Crippen LogP contribution in [0, 0.1) is 0 Å². The van der Waals surface area contributed by atoms with Gasteiger partial charge in [0.25, 0.3) is 0 Å². The van der Waals surface area contributed by atoms with E-state index in [1.54, 1.807) is 0 Å². The van der Waals surface area contributed by atoms with Crippen molar-refractivity contribution < 1.29 is 32.2 Å². The van der Waals surface area contributed by atoms with E-state index < -0.39 is 30.5 Å². The second-order valence-electron chi connectivity index (χ2n) is 3.91. The van der Waals surface area contributed by atoms with Crippen LogP contribution in [0.4, 0.5) is 17.6 Å². The van der Waals surface area contributed by atoms with Crippen LogP contribution in [0.2, 0.25) is 0 Å². The van der Waals surface area contributed by atoms with E-state index >= 15 is 0 Å². The van der Waals surface area contributed by atoms with Crippen LogP contribution in [-0.2, 0) is 11.5 Å². The van der Waals surface area contributed by atoms with Gasteiger partial charge in [-0.15, -0.1) is 0 Å². The predicted octanol–water partition coefficient (Wildman–Crippen LogP) is 2.95. The van der Waals surface area contributed by atoms with Gasteiger partial charge < -0.3 is 9.84 Å². The molecule has 1 unspecified atom stereocenters. The average molecular weight is 276 g/mol. The van der Waals surface area contributed by atoms with Gasteiger partial charge in [-0.3, -0.25) is 0 Å². The maximum Gasteiger partial charge on any atom is 0.430 e. The summed E-state index contributed by atoms with van der Waals surface area (Å²) in [4.78, 5) is 10.9. The topological polar surface area (TPSA) is 46.5 Å². The molecule has 1 heterocycles. The molecule has 0 amide bonds. The number of hydrogen-bond donors (Lipinski definition) is 1. The van der Waals surface area contributed by atoms with E-state index in [2.05, 4.69) is 4.74 Å². The molecule has 0 saturated heterocycles. The normalized spacial score (nSPS) is 18.3. The number of rotatable bonds is 2. The highest BCUT2D eigenvalue weighted by molar-refractivity contribution is 5.95. The van der Waals surface area contributed by atoms with Crippen LogP contribution in [0.5, 0.6) is 5.75 Å². The predicted molar refractivity (Wildman–Crippen MR) is 57.3 cm³/mol. The third-order valence-electron chi connectivity index (χ3n) is 2.64. The molecule has 0 spiro atoms. The van der Waals surface area contributed by atoms with Gasteiger partial charge in [0.2, 0.25) is 6.10 Å². The number of hydrogen-bond acceptors (Lipinski definition) is 2. The van der Waals surface area contributed by atoms with Crippen LogP contribution in [-0.4, -0.2) is 23.4 Å². The third kappa shape index (κ3) is 2.40. The summed E-state index contributed by atoms with van der Waals surface area (Å²) >= 11 is 0. The van der Waals surface area contributed by atoms with Crippen molar-refractivity contribution in [3.05, 3.63) is 34.9 Å². The highest BCUT2D eigenvalue weighted by Gasteiger charge is 2.48. The van der Waals surface area contributed by atoms with Crippen molar-refractivity contribution in [3.8, 4) is 5.75 Å². The summed E-state index contributed by atoms with van der Waals surface area (Å²) in [6, 6.07) is 4.07. The number of benzene rings is 1. The lowest BCUT2D eigenvalue weighted by atomic mass is 9.99. The Hall–Kier alpha value is -2.05. The van der Waals surface area contributed by atoms with Crippen LogP contribution in [0.25, 0.3) is 6.08 Å². The number of alkyl halides is 4. The molecule has 1 aromatic carbocycles. The molecule has 1 atom stereocenters. The van der Waals surface area contributed by atoms with Gasteiger partial charge in [-0.2, -0.15) is 13.2 Å². The monoisotopic (exact) mass is 276 g/mol. The summed E-state index contributed by atoms with van der Waals surface area (Å²) in [5, 5.41) is 8.80. The van der Waals surface area contributed by atoms with Gasteiger partial charge >= 0.3 is 12.1 Å². The summed E-state index contributed by atoms with van der Waals surface area (Å²) in [5.41, 5.74) is -0.850. The minimum Gasteiger partial charge on any atom is -0.478 e. The highest BCUT2D eigenvalue weighted by atomic mass is 19.4. The van der Waals surface area contributed by atoms with Crippen molar-refractivity contribution in [1.29, 1.82) is 0 Å². The molecular weight excluding hydrogens is 268 g/mol. The molecule has 0 saturated carbocycles. The van der Waals surface area contributed by atoms with Gasteiger partial charge in [-0.25, -0.2) is 9.18 Å². The second-order valence-corrected chi connectivity index (χ2v) is 3.91. The lowest BCUT2D eigenvalue weighted by molar-refractivity contribution is -0.187. The summed E-state index contributed by atoms with van der Waals surface area (Å²) in [5.74, 6) is -1.99. The molecular formula is C12H8F4O3. The first kappa shape index (κ1) is 13.4. The largest absolute Gasteiger partial charge is 0.478 e. The second kappa shape index (κ2) is 4.56. The molecule has 0 bridgehead atoms. The Labute approximate surface area is 105 Å². The molecule has 0 fully saturated rings. The first-order valence-electron chi connectivity index (χ1n) is 5.20. The Morgan fingerprint density at radius 2 is 2.05 bits per heavy atom. The third-order valence-corrected chi connectivity index (χ3v) is 2.64. The summed E-state index contributed by atoms with van der Waals surface area (Å²) < 4.78 is 55.6. The minimum atomic E-state index is -4.88. The first-order valence-corrected chi connectivity index (χ1v) is 5.20. The van der Waals surface area contributed by atoms with Crippen LogP contribution in [0.1, 0.15) is 11.1 Å². The van der Waals surface area contributed by atoms with Gasteiger partial charge in [-0.1, -0.05) is 18.2 Å². The summed E-state index contributed by atoms with van der Waals surface area (Å²) in [6.45, 7) is -0.996. The van der Waals surface area contributed by atoms with E-state index in [-0.39, 0.29) is 16.9 Å². The molecule has 1 N–H and O–H groups in total. The lowest BCUT2D eigenvalue weighted by Crippen LogP contribution is -2.40. The quantitative estimate of drug-likeness (QED) is 0.845. The number of carboxylic acids is 1. The fraction of sp³-hybridized carbons (Fsp3) is 0.250. The standard InChI is InChI=1S/C12H8F4O3/c13-5-7-3-1-2-6-4-8(11(17)18)10(12(14,15)16)19-9(6)7/h1-4,10H,5H2,(H,17,18). The average Bonchev–Trinajstić information content (AvgIpc) is 2.35. The van der Waals surface area contributed by atoms with E-state index in [0.29, 0.717) is 0 Å². The zero-order chi connectivity index (χ0) is 14.2. The van der Waals surface area contributed by atoms with E-state index in [1.807, 2.05) is 0 Å². The summed E-state index contributed by atoms with van der Waals surface area (Å²) in [6.07, 6.45) is -6.62. The van der Waals surface area contributed by atoms with Gasteiger partial charge in [-0.05, 0) is 6.08 Å². The molecule has 7 heteroatoms. The Balaban J connectivity index is 2.57. The molecule has 1 aliphatic heterocycles. The zero-order valence-corrected chi connectivity index (χ0v) is 9.37. The highest BCUT2D eigenvalue weighted by Crippen LogP contribution is 2.39. The van der Waals surface area contributed by atoms with Gasteiger partial charge in [0.1, 0.15) is 12.4 Å². The Kier molecular flexibility index (Phi) is 3.21. The maximum absolute atomic E-state index is 12.8. The Bertz CT molecular complexity index is 548. The smallest absolute Gasteiger partial charge is 0.430 e. The van der Waals surface area contributed by atoms with E-state index in [4.69, 9.17) is 5.11 Å². The number of carboxylic acid groups (broad SMARTS) is 1. The van der Waals surface area contributed by atoms with Crippen LogP contribution in [0.3, 0.4) is 0 Å². The molecule has 0 aromatic heterocycles. The van der Waals surface area contributed by atoms with Crippen molar-refractivity contribution in [2.45, 2.75) is 19.0 Å². The van der Waals surface area contributed by atoms with Crippen LogP contribution in [0.15, 0.2) is 23.8 Å². The molecule has 19 heavy (non-hydrogen) atoms. The molecule has 0 radical (unpaired) electrons. The molecule has 1 aliphatic rings.